The van der Waals surface area contributed by atoms with Gasteiger partial charge >= 0.3 is 0 Å². The van der Waals surface area contributed by atoms with Crippen molar-refractivity contribution in [3.63, 3.8) is 0 Å². The Balaban J connectivity index is 2.03. The molecular weight excluding hydrogens is 539 g/mol. The first kappa shape index (κ1) is 23.0. The summed E-state index contributed by atoms with van der Waals surface area (Å²) in [4.78, 5) is 3.45. The average Bonchev–Trinajstić information content (AvgIpc) is 2.70. The number of nitrogens with one attached hydrogen (secondary N) is 1. The number of methoxy groups -OCH3 is 1. The SMILES string of the molecule is COc1cc(-c2ccc(S(=O)(=O)NS(=O)(=O)c3ccccc3)c(Cl)c2Cl)cnc1Br. The molecule has 0 unspecified atom stereocenters. The molecule has 0 spiro atoms. The Bertz CT molecular complexity index is 1320. The third-order valence-electron chi connectivity index (χ3n) is 3.95. The fourth-order valence-electron chi connectivity index (χ4n) is 2.52. The molecule has 0 amide bonds. The first-order chi connectivity index (χ1) is 14.1. The van der Waals surface area contributed by atoms with Crippen molar-refractivity contribution in [3.8, 4) is 16.9 Å². The Labute approximate surface area is 192 Å². The molecule has 158 valence electrons. The van der Waals surface area contributed by atoms with Gasteiger partial charge in [0.05, 0.1) is 22.1 Å². The van der Waals surface area contributed by atoms with E-state index in [0.717, 1.165) is 0 Å². The smallest absolute Gasteiger partial charge is 0.255 e. The van der Waals surface area contributed by atoms with E-state index in [-0.39, 0.29) is 14.9 Å². The highest BCUT2D eigenvalue weighted by Crippen LogP contribution is 2.39. The van der Waals surface area contributed by atoms with E-state index in [0.29, 0.717) is 21.5 Å². The molecule has 0 saturated heterocycles. The second-order valence-electron chi connectivity index (χ2n) is 5.86. The molecule has 0 radical (unpaired) electrons. The maximum Gasteiger partial charge on any atom is 0.255 e. The molecule has 3 rings (SSSR count). The molecule has 0 saturated carbocycles. The zero-order valence-electron chi connectivity index (χ0n) is 15.1. The molecule has 3 aromatic rings. The van der Waals surface area contributed by atoms with Crippen LogP contribution in [0.1, 0.15) is 0 Å². The molecule has 12 heteroatoms. The van der Waals surface area contributed by atoms with Crippen LogP contribution in [0, 0.1) is 0 Å². The fourth-order valence-corrected chi connectivity index (χ4v) is 6.70. The van der Waals surface area contributed by atoms with Crippen molar-refractivity contribution in [2.24, 2.45) is 0 Å². The summed E-state index contributed by atoms with van der Waals surface area (Å²) in [5.41, 5.74) is 0.917. The van der Waals surface area contributed by atoms with Crippen molar-refractivity contribution in [1.29, 1.82) is 0 Å². The Morgan fingerprint density at radius 2 is 1.63 bits per heavy atom. The van der Waals surface area contributed by atoms with Gasteiger partial charge in [0, 0.05) is 17.3 Å². The Hall–Kier alpha value is -1.69. The van der Waals surface area contributed by atoms with Crippen LogP contribution in [0.2, 0.25) is 10.0 Å². The molecule has 0 aliphatic rings. The fraction of sp³-hybridized carbons (Fsp3) is 0.0556. The van der Waals surface area contributed by atoms with E-state index in [1.165, 1.54) is 49.7 Å². The molecule has 0 bridgehead atoms. The van der Waals surface area contributed by atoms with Crippen LogP contribution in [0.25, 0.3) is 11.1 Å². The van der Waals surface area contributed by atoms with Gasteiger partial charge in [-0.05, 0) is 40.2 Å². The maximum absolute atomic E-state index is 12.7. The Morgan fingerprint density at radius 1 is 0.967 bits per heavy atom. The van der Waals surface area contributed by atoms with Gasteiger partial charge in [-0.1, -0.05) is 47.5 Å². The Kier molecular flexibility index (Phi) is 6.75. The number of rotatable bonds is 6. The quantitative estimate of drug-likeness (QED) is 0.453. The number of ether oxygens (including phenoxy) is 1. The Morgan fingerprint density at radius 3 is 2.27 bits per heavy atom. The summed E-state index contributed by atoms with van der Waals surface area (Å²) in [5.74, 6) is 0.437. The lowest BCUT2D eigenvalue weighted by Crippen LogP contribution is -2.30. The van der Waals surface area contributed by atoms with E-state index in [4.69, 9.17) is 27.9 Å². The number of halogens is 3. The van der Waals surface area contributed by atoms with Crippen molar-refractivity contribution in [2.45, 2.75) is 9.79 Å². The van der Waals surface area contributed by atoms with E-state index in [2.05, 4.69) is 20.9 Å². The van der Waals surface area contributed by atoms with Crippen LogP contribution in [0.15, 0.2) is 69.1 Å². The highest BCUT2D eigenvalue weighted by Gasteiger charge is 2.28. The summed E-state index contributed by atoms with van der Waals surface area (Å²) in [7, 11) is -7.42. The summed E-state index contributed by atoms with van der Waals surface area (Å²) < 4.78 is 57.6. The molecule has 1 aromatic heterocycles. The molecule has 0 aliphatic carbocycles. The lowest BCUT2D eigenvalue weighted by Gasteiger charge is -2.13. The summed E-state index contributed by atoms with van der Waals surface area (Å²) in [6.45, 7) is 0. The standard InChI is InChI=1S/C18H13BrCl2N2O5S2/c1-28-14-9-11(10-22-18(14)19)13-7-8-15(17(21)16(13)20)30(26,27)23-29(24,25)12-5-3-2-4-6-12/h2-10,23H,1H3. The van der Waals surface area contributed by atoms with E-state index in [9.17, 15) is 16.8 Å². The van der Waals surface area contributed by atoms with Crippen LogP contribution >= 0.6 is 39.1 Å². The van der Waals surface area contributed by atoms with Crippen molar-refractivity contribution < 1.29 is 21.6 Å². The van der Waals surface area contributed by atoms with E-state index >= 15 is 0 Å². The maximum atomic E-state index is 12.7. The van der Waals surface area contributed by atoms with Gasteiger partial charge in [0.25, 0.3) is 20.0 Å². The normalized spacial score (nSPS) is 12.0. The minimum absolute atomic E-state index is 0.0807. The van der Waals surface area contributed by atoms with E-state index in [1.54, 1.807) is 16.3 Å². The molecule has 2 aromatic carbocycles. The van der Waals surface area contributed by atoms with Crippen molar-refractivity contribution in [2.75, 3.05) is 7.11 Å². The predicted octanol–water partition coefficient (Wildman–Crippen LogP) is 4.49. The number of hydrogen-bond acceptors (Lipinski definition) is 6. The number of hydrogen-bond donors (Lipinski definition) is 1. The zero-order chi connectivity index (χ0) is 22.1. The summed E-state index contributed by atoms with van der Waals surface area (Å²) >= 11 is 15.8. The second-order valence-corrected chi connectivity index (χ2v) is 11.0. The minimum Gasteiger partial charge on any atom is -0.494 e. The van der Waals surface area contributed by atoms with E-state index < -0.39 is 24.9 Å². The largest absolute Gasteiger partial charge is 0.494 e. The van der Waals surface area contributed by atoms with Gasteiger partial charge in [0.2, 0.25) is 0 Å². The van der Waals surface area contributed by atoms with Gasteiger partial charge in [-0.2, -0.15) is 0 Å². The highest BCUT2D eigenvalue weighted by atomic mass is 79.9. The first-order valence-corrected chi connectivity index (χ1v) is 12.6. The zero-order valence-corrected chi connectivity index (χ0v) is 19.9. The monoisotopic (exact) mass is 550 g/mol. The van der Waals surface area contributed by atoms with Gasteiger partial charge in [0.1, 0.15) is 9.50 Å². The van der Waals surface area contributed by atoms with E-state index in [1.807, 2.05) is 0 Å². The lowest BCUT2D eigenvalue weighted by molar-refractivity contribution is 0.410. The van der Waals surface area contributed by atoms with Crippen LogP contribution < -0.4 is 8.86 Å². The topological polar surface area (TPSA) is 102 Å². The summed E-state index contributed by atoms with van der Waals surface area (Å²) in [6, 6.07) is 11.3. The molecular formula is C18H13BrCl2N2O5S2. The van der Waals surface area contributed by atoms with Crippen LogP contribution in [-0.4, -0.2) is 28.9 Å². The summed E-state index contributed by atoms with van der Waals surface area (Å²) in [5, 5.41) is -0.408. The number of pyridine rings is 1. The molecule has 0 fully saturated rings. The highest BCUT2D eigenvalue weighted by molar-refractivity contribution is 9.10. The van der Waals surface area contributed by atoms with Crippen LogP contribution in [0.4, 0.5) is 0 Å². The average molecular weight is 552 g/mol. The molecule has 7 nitrogen and oxygen atoms in total. The van der Waals surface area contributed by atoms with Crippen molar-refractivity contribution in [3.05, 3.63) is 69.4 Å². The van der Waals surface area contributed by atoms with Crippen LogP contribution in [0.3, 0.4) is 0 Å². The first-order valence-electron chi connectivity index (χ1n) is 8.08. The third kappa shape index (κ3) is 4.63. The number of benzene rings is 2. The van der Waals surface area contributed by atoms with Crippen molar-refractivity contribution in [1.82, 2.24) is 9.11 Å². The molecule has 1 heterocycles. The lowest BCUT2D eigenvalue weighted by atomic mass is 10.1. The molecule has 0 aliphatic heterocycles. The molecule has 30 heavy (non-hydrogen) atoms. The number of nitrogens with zero attached hydrogens (tertiary/aromatic N) is 1. The molecule has 1 N–H and O–H groups in total. The van der Waals surface area contributed by atoms with Gasteiger partial charge in [0.15, 0.2) is 5.75 Å². The summed E-state index contributed by atoms with van der Waals surface area (Å²) in [6.07, 6.45) is 1.50. The third-order valence-corrected chi connectivity index (χ3v) is 9.10. The van der Waals surface area contributed by atoms with Gasteiger partial charge < -0.3 is 4.74 Å². The van der Waals surface area contributed by atoms with Crippen molar-refractivity contribution >= 4 is 59.2 Å². The van der Waals surface area contributed by atoms with Gasteiger partial charge in [-0.15, -0.1) is 4.13 Å². The van der Waals surface area contributed by atoms with Gasteiger partial charge in [-0.3, -0.25) is 0 Å². The van der Waals surface area contributed by atoms with Gasteiger partial charge in [-0.25, -0.2) is 21.8 Å². The second kappa shape index (κ2) is 8.81. The van der Waals surface area contributed by atoms with Crippen LogP contribution in [-0.2, 0) is 20.0 Å². The predicted molar refractivity (Wildman–Crippen MR) is 118 cm³/mol. The minimum atomic E-state index is -4.54. The number of aromatic nitrogens is 1. The molecule has 0 atom stereocenters. The van der Waals surface area contributed by atoms with Crippen LogP contribution in [0.5, 0.6) is 5.75 Å². The number of sulfonamides is 2.